The maximum atomic E-state index is 12.2. The van der Waals surface area contributed by atoms with Gasteiger partial charge in [0.1, 0.15) is 5.71 Å². The Labute approximate surface area is 160 Å². The molecular formula is C20H17N5OS. The molecule has 2 N–H and O–H groups in total. The van der Waals surface area contributed by atoms with Gasteiger partial charge in [0.15, 0.2) is 0 Å². The molecule has 0 aliphatic carbocycles. The van der Waals surface area contributed by atoms with Crippen molar-refractivity contribution >= 4 is 45.2 Å². The Hall–Kier alpha value is -3.32. The van der Waals surface area contributed by atoms with E-state index in [1.165, 1.54) is 11.3 Å². The first-order valence-corrected chi connectivity index (χ1v) is 9.30. The number of thiazole rings is 1. The lowest BCUT2D eigenvalue weighted by atomic mass is 10.1. The number of amides is 1. The number of benzene rings is 2. The van der Waals surface area contributed by atoms with E-state index in [0.29, 0.717) is 5.71 Å². The highest BCUT2D eigenvalue weighted by Gasteiger charge is 2.25. The number of para-hydroxylation sites is 1. The molecule has 6 nitrogen and oxygen atoms in total. The maximum Gasteiger partial charge on any atom is 0.275 e. The van der Waals surface area contributed by atoms with Crippen LogP contribution in [0.3, 0.4) is 0 Å². The summed E-state index contributed by atoms with van der Waals surface area (Å²) in [6.45, 7) is 3.87. The summed E-state index contributed by atoms with van der Waals surface area (Å²) in [5.74, 6) is -0.180. The number of rotatable bonds is 4. The van der Waals surface area contributed by atoms with Crippen molar-refractivity contribution < 1.29 is 4.79 Å². The number of aliphatic imine (C=N–C) groups is 1. The fourth-order valence-corrected chi connectivity index (χ4v) is 3.35. The molecule has 2 heterocycles. The first kappa shape index (κ1) is 17.1. The quantitative estimate of drug-likeness (QED) is 0.525. The van der Waals surface area contributed by atoms with Crippen molar-refractivity contribution in [3.8, 4) is 0 Å². The molecule has 7 heteroatoms. The number of hydrogen-bond donors (Lipinski definition) is 2. The van der Waals surface area contributed by atoms with Gasteiger partial charge in [0.2, 0.25) is 5.13 Å². The average molecular weight is 375 g/mol. The van der Waals surface area contributed by atoms with Gasteiger partial charge in [-0.2, -0.15) is 5.10 Å². The molecule has 134 valence electrons. The molecule has 3 aromatic rings. The summed E-state index contributed by atoms with van der Waals surface area (Å²) < 4.78 is 0. The minimum absolute atomic E-state index is 0.180. The van der Waals surface area contributed by atoms with E-state index >= 15 is 0 Å². The van der Waals surface area contributed by atoms with Gasteiger partial charge >= 0.3 is 0 Å². The van der Waals surface area contributed by atoms with Crippen LogP contribution in [0.15, 0.2) is 64.0 Å². The summed E-state index contributed by atoms with van der Waals surface area (Å²) in [5.41, 5.74) is 8.52. The van der Waals surface area contributed by atoms with Gasteiger partial charge in [0, 0.05) is 10.9 Å². The topological polar surface area (TPSA) is 78.7 Å². The van der Waals surface area contributed by atoms with E-state index in [2.05, 4.69) is 25.8 Å². The van der Waals surface area contributed by atoms with Crippen LogP contribution in [0.5, 0.6) is 0 Å². The predicted octanol–water partition coefficient (Wildman–Crippen LogP) is 4.36. The van der Waals surface area contributed by atoms with Crippen molar-refractivity contribution in [2.24, 2.45) is 10.1 Å². The van der Waals surface area contributed by atoms with E-state index in [0.717, 1.165) is 39.0 Å². The Balaban J connectivity index is 1.53. The van der Waals surface area contributed by atoms with Gasteiger partial charge < -0.3 is 5.32 Å². The summed E-state index contributed by atoms with van der Waals surface area (Å²) in [5, 5.41) is 9.93. The molecule has 0 bridgehead atoms. The molecule has 1 aliphatic heterocycles. The number of fused-ring (bicyclic) bond motifs is 1. The molecule has 4 rings (SSSR count). The zero-order valence-corrected chi connectivity index (χ0v) is 15.7. The van der Waals surface area contributed by atoms with Crippen molar-refractivity contribution in [3.63, 3.8) is 0 Å². The second-order valence-electron chi connectivity index (χ2n) is 6.11. The number of aromatic nitrogens is 1. The number of anilines is 2. The summed E-state index contributed by atoms with van der Waals surface area (Å²) in [6, 6.07) is 15.2. The van der Waals surface area contributed by atoms with Crippen LogP contribution >= 0.6 is 11.3 Å². The standard InChI is InChI=1S/C20H17N5OS/c1-12-11-27-20(21-12)25-24-13(2)14-7-9-15(10-8-14)22-18-16-5-3-4-6-17(16)23-19(18)26/h3-11H,1-2H3,(H,21,25)(H,22,23,26)/b24-13+. The highest BCUT2D eigenvalue weighted by atomic mass is 32.1. The van der Waals surface area contributed by atoms with Crippen LogP contribution in [-0.2, 0) is 4.79 Å². The Bertz CT molecular complexity index is 1070. The monoisotopic (exact) mass is 375 g/mol. The zero-order valence-electron chi connectivity index (χ0n) is 14.9. The molecule has 27 heavy (non-hydrogen) atoms. The fourth-order valence-electron chi connectivity index (χ4n) is 2.72. The van der Waals surface area contributed by atoms with Gasteiger partial charge in [-0.15, -0.1) is 11.3 Å². The number of nitrogens with zero attached hydrogens (tertiary/aromatic N) is 3. The van der Waals surface area contributed by atoms with E-state index in [1.807, 2.05) is 67.8 Å². The number of aryl methyl sites for hydroxylation is 1. The lowest BCUT2D eigenvalue weighted by Gasteiger charge is -2.03. The molecule has 0 saturated heterocycles. The van der Waals surface area contributed by atoms with Crippen molar-refractivity contribution in [2.45, 2.75) is 13.8 Å². The molecular weight excluding hydrogens is 358 g/mol. The van der Waals surface area contributed by atoms with E-state index in [9.17, 15) is 4.79 Å². The average Bonchev–Trinajstić information content (AvgIpc) is 3.23. The number of nitrogens with one attached hydrogen (secondary N) is 2. The number of carbonyl (C=O) groups excluding carboxylic acids is 1. The molecule has 0 fully saturated rings. The second-order valence-corrected chi connectivity index (χ2v) is 6.97. The van der Waals surface area contributed by atoms with Crippen molar-refractivity contribution in [1.29, 1.82) is 0 Å². The summed E-state index contributed by atoms with van der Waals surface area (Å²) in [6.07, 6.45) is 0. The largest absolute Gasteiger partial charge is 0.320 e. The van der Waals surface area contributed by atoms with Crippen molar-refractivity contribution in [3.05, 3.63) is 70.7 Å². The third-order valence-electron chi connectivity index (χ3n) is 4.11. The van der Waals surface area contributed by atoms with E-state index < -0.39 is 0 Å². The van der Waals surface area contributed by atoms with Gasteiger partial charge in [-0.25, -0.2) is 9.98 Å². The molecule has 1 aromatic heterocycles. The van der Waals surface area contributed by atoms with E-state index in [1.54, 1.807) is 0 Å². The minimum Gasteiger partial charge on any atom is -0.320 e. The van der Waals surface area contributed by atoms with Gasteiger partial charge in [-0.1, -0.05) is 30.3 Å². The smallest absolute Gasteiger partial charge is 0.275 e. The van der Waals surface area contributed by atoms with Crippen molar-refractivity contribution in [1.82, 2.24) is 4.98 Å². The van der Waals surface area contributed by atoms with Crippen LogP contribution < -0.4 is 10.7 Å². The fraction of sp³-hybridized carbons (Fsp3) is 0.100. The Morgan fingerprint density at radius 2 is 1.93 bits per heavy atom. The lowest BCUT2D eigenvalue weighted by Crippen LogP contribution is -2.13. The van der Waals surface area contributed by atoms with Gasteiger partial charge in [0.05, 0.1) is 22.8 Å². The molecule has 0 radical (unpaired) electrons. The summed E-state index contributed by atoms with van der Waals surface area (Å²) >= 11 is 1.52. The highest BCUT2D eigenvalue weighted by molar-refractivity contribution is 7.13. The molecule has 1 aliphatic rings. The number of hydrogen-bond acceptors (Lipinski definition) is 6. The Morgan fingerprint density at radius 3 is 2.67 bits per heavy atom. The maximum absolute atomic E-state index is 12.2. The van der Waals surface area contributed by atoms with E-state index in [-0.39, 0.29) is 5.91 Å². The number of carbonyl (C=O) groups is 1. The number of hydrazone groups is 1. The molecule has 0 spiro atoms. The third-order valence-corrected chi connectivity index (χ3v) is 4.97. The molecule has 0 saturated carbocycles. The Morgan fingerprint density at radius 1 is 1.15 bits per heavy atom. The molecule has 0 atom stereocenters. The van der Waals surface area contributed by atoms with E-state index in [4.69, 9.17) is 0 Å². The lowest BCUT2D eigenvalue weighted by molar-refractivity contribution is -0.110. The summed E-state index contributed by atoms with van der Waals surface area (Å²) in [7, 11) is 0. The van der Waals surface area contributed by atoms with Crippen LogP contribution in [0.2, 0.25) is 0 Å². The van der Waals surface area contributed by atoms with Crippen LogP contribution in [0.1, 0.15) is 23.7 Å². The second kappa shape index (κ2) is 7.13. The molecule has 1 amide bonds. The van der Waals surface area contributed by atoms with Gasteiger partial charge in [-0.3, -0.25) is 10.2 Å². The van der Waals surface area contributed by atoms with Crippen LogP contribution in [0, 0.1) is 6.92 Å². The highest BCUT2D eigenvalue weighted by Crippen LogP contribution is 2.25. The normalized spacial score (nSPS) is 15.0. The predicted molar refractivity (Wildman–Crippen MR) is 110 cm³/mol. The Kier molecular flexibility index (Phi) is 4.52. The molecule has 0 unspecified atom stereocenters. The van der Waals surface area contributed by atoms with Crippen LogP contribution in [-0.4, -0.2) is 22.3 Å². The van der Waals surface area contributed by atoms with Gasteiger partial charge in [0.25, 0.3) is 5.91 Å². The first-order valence-electron chi connectivity index (χ1n) is 8.42. The minimum atomic E-state index is -0.180. The van der Waals surface area contributed by atoms with Gasteiger partial charge in [-0.05, 0) is 37.6 Å². The SMILES string of the molecule is C/C(=N\Nc1nc(C)cs1)c1ccc(N=C2C(=O)Nc3ccccc32)cc1. The van der Waals surface area contributed by atoms with Crippen LogP contribution in [0.4, 0.5) is 16.5 Å². The van der Waals surface area contributed by atoms with Crippen LogP contribution in [0.25, 0.3) is 0 Å². The first-order chi connectivity index (χ1) is 13.1. The third kappa shape index (κ3) is 3.63. The van der Waals surface area contributed by atoms with Crippen molar-refractivity contribution in [2.75, 3.05) is 10.7 Å². The zero-order chi connectivity index (χ0) is 18.8. The summed E-state index contributed by atoms with van der Waals surface area (Å²) in [4.78, 5) is 21.0. The molecule has 2 aromatic carbocycles.